The molecule has 0 bridgehead atoms. The molecule has 1 aromatic heterocycles. The van der Waals surface area contributed by atoms with Gasteiger partial charge in [0.2, 0.25) is 0 Å². The summed E-state index contributed by atoms with van der Waals surface area (Å²) in [6, 6.07) is 12.2. The maximum Gasteiger partial charge on any atom is 0.274 e. The topological polar surface area (TPSA) is 87.0 Å². The molecule has 0 aliphatic rings. The first-order valence-corrected chi connectivity index (χ1v) is 7.23. The van der Waals surface area contributed by atoms with Gasteiger partial charge in [0.15, 0.2) is 0 Å². The van der Waals surface area contributed by atoms with Crippen LogP contribution in [0.25, 0.3) is 0 Å². The predicted molar refractivity (Wildman–Crippen MR) is 88.3 cm³/mol. The lowest BCUT2D eigenvalue weighted by Gasteiger charge is -2.07. The second-order valence-electron chi connectivity index (χ2n) is 4.85. The zero-order chi connectivity index (χ0) is 16.5. The van der Waals surface area contributed by atoms with Gasteiger partial charge in [-0.2, -0.15) is 5.26 Å². The highest BCUT2D eigenvalue weighted by Crippen LogP contribution is 2.11. The highest BCUT2D eigenvalue weighted by Gasteiger charge is 2.07. The van der Waals surface area contributed by atoms with E-state index in [1.165, 1.54) is 0 Å². The van der Waals surface area contributed by atoms with Crippen LogP contribution in [0.1, 0.15) is 22.5 Å². The third-order valence-corrected chi connectivity index (χ3v) is 3.12. The van der Waals surface area contributed by atoms with Gasteiger partial charge in [-0.05, 0) is 42.8 Å². The zero-order valence-corrected chi connectivity index (χ0v) is 12.9. The van der Waals surface area contributed by atoms with Crippen LogP contribution in [0.4, 0.5) is 11.4 Å². The fourth-order valence-electron chi connectivity index (χ4n) is 1.91. The van der Waals surface area contributed by atoms with E-state index in [-0.39, 0.29) is 5.91 Å². The number of carbonyl (C=O) groups is 1. The Balaban J connectivity index is 1.90. The Morgan fingerprint density at radius 2 is 1.96 bits per heavy atom. The number of methoxy groups -OCH3 is 1. The van der Waals surface area contributed by atoms with Crippen LogP contribution in [0.3, 0.4) is 0 Å². The van der Waals surface area contributed by atoms with Crippen LogP contribution in [0, 0.1) is 11.3 Å². The molecular weight excluding hydrogens is 292 g/mol. The molecule has 23 heavy (non-hydrogen) atoms. The largest absolute Gasteiger partial charge is 0.385 e. The second-order valence-corrected chi connectivity index (χ2v) is 4.85. The molecule has 1 amide bonds. The van der Waals surface area contributed by atoms with Crippen molar-refractivity contribution in [2.45, 2.75) is 6.42 Å². The van der Waals surface area contributed by atoms with E-state index in [1.807, 2.05) is 12.1 Å². The van der Waals surface area contributed by atoms with E-state index >= 15 is 0 Å². The summed E-state index contributed by atoms with van der Waals surface area (Å²) >= 11 is 0. The number of pyridine rings is 1. The first-order chi connectivity index (χ1) is 11.2. The number of nitrogens with one attached hydrogen (secondary N) is 2. The third kappa shape index (κ3) is 5.09. The number of amides is 1. The molecule has 2 N–H and O–H groups in total. The number of anilines is 2. The summed E-state index contributed by atoms with van der Waals surface area (Å²) in [7, 11) is 1.67. The average molecular weight is 310 g/mol. The van der Waals surface area contributed by atoms with Crippen molar-refractivity contribution in [2.24, 2.45) is 0 Å². The lowest BCUT2D eigenvalue weighted by Crippen LogP contribution is -2.14. The number of benzene rings is 1. The van der Waals surface area contributed by atoms with Crippen molar-refractivity contribution in [3.05, 3.63) is 53.9 Å². The normalized spacial score (nSPS) is 9.91. The summed E-state index contributed by atoms with van der Waals surface area (Å²) in [5.41, 5.74) is 2.36. The molecular formula is C17H18N4O2. The number of aromatic nitrogens is 1. The van der Waals surface area contributed by atoms with Gasteiger partial charge in [-0.3, -0.25) is 4.79 Å². The van der Waals surface area contributed by atoms with Crippen molar-refractivity contribution in [3.63, 3.8) is 0 Å². The molecule has 0 radical (unpaired) electrons. The molecule has 1 heterocycles. The SMILES string of the molecule is COCCCNc1ccc(C(=O)Nc2ccc(C#N)cc2)nc1. The van der Waals surface area contributed by atoms with Crippen molar-refractivity contribution in [1.29, 1.82) is 5.26 Å². The zero-order valence-electron chi connectivity index (χ0n) is 12.9. The van der Waals surface area contributed by atoms with Gasteiger partial charge in [0, 0.05) is 25.9 Å². The summed E-state index contributed by atoms with van der Waals surface area (Å²) in [5.74, 6) is -0.291. The summed E-state index contributed by atoms with van der Waals surface area (Å²) in [6.45, 7) is 1.48. The molecule has 0 atom stereocenters. The van der Waals surface area contributed by atoms with Gasteiger partial charge >= 0.3 is 0 Å². The minimum Gasteiger partial charge on any atom is -0.385 e. The summed E-state index contributed by atoms with van der Waals surface area (Å²) in [6.07, 6.45) is 2.53. The standard InChI is InChI=1S/C17H18N4O2/c1-23-10-2-9-19-15-7-8-16(20-12-15)17(22)21-14-5-3-13(11-18)4-6-14/h3-8,12,19H,2,9-10H2,1H3,(H,21,22). The van der Waals surface area contributed by atoms with Crippen molar-refractivity contribution >= 4 is 17.3 Å². The fraction of sp³-hybridized carbons (Fsp3) is 0.235. The molecule has 2 rings (SSSR count). The van der Waals surface area contributed by atoms with Gasteiger partial charge < -0.3 is 15.4 Å². The molecule has 0 unspecified atom stereocenters. The summed E-state index contributed by atoms with van der Waals surface area (Å²) in [4.78, 5) is 16.3. The Morgan fingerprint density at radius 3 is 2.57 bits per heavy atom. The average Bonchev–Trinajstić information content (AvgIpc) is 2.60. The lowest BCUT2D eigenvalue weighted by molar-refractivity contribution is 0.102. The number of hydrogen-bond donors (Lipinski definition) is 2. The van der Waals surface area contributed by atoms with E-state index in [4.69, 9.17) is 10.00 Å². The van der Waals surface area contributed by atoms with Crippen molar-refractivity contribution in [2.75, 3.05) is 30.9 Å². The maximum absolute atomic E-state index is 12.1. The fourth-order valence-corrected chi connectivity index (χ4v) is 1.91. The van der Waals surface area contributed by atoms with Gasteiger partial charge in [-0.15, -0.1) is 0 Å². The number of ether oxygens (including phenoxy) is 1. The van der Waals surface area contributed by atoms with Gasteiger partial charge in [-0.25, -0.2) is 4.98 Å². The smallest absolute Gasteiger partial charge is 0.274 e. The van der Waals surface area contributed by atoms with Gasteiger partial charge in [-0.1, -0.05) is 0 Å². The number of carbonyl (C=O) groups excluding carboxylic acids is 1. The molecule has 6 nitrogen and oxygen atoms in total. The minimum atomic E-state index is -0.291. The van der Waals surface area contributed by atoms with Crippen LogP contribution in [-0.2, 0) is 4.74 Å². The Bertz CT molecular complexity index is 675. The molecule has 0 spiro atoms. The van der Waals surface area contributed by atoms with Crippen LogP contribution in [0.2, 0.25) is 0 Å². The molecule has 0 aliphatic carbocycles. The van der Waals surface area contributed by atoms with E-state index in [1.54, 1.807) is 43.6 Å². The summed E-state index contributed by atoms with van der Waals surface area (Å²) < 4.78 is 4.98. The van der Waals surface area contributed by atoms with E-state index in [0.717, 1.165) is 18.7 Å². The van der Waals surface area contributed by atoms with Crippen LogP contribution >= 0.6 is 0 Å². The van der Waals surface area contributed by atoms with E-state index in [2.05, 4.69) is 15.6 Å². The van der Waals surface area contributed by atoms with Crippen LogP contribution < -0.4 is 10.6 Å². The molecule has 0 aliphatic heterocycles. The molecule has 0 saturated heterocycles. The van der Waals surface area contributed by atoms with E-state index < -0.39 is 0 Å². The second kappa shape index (κ2) is 8.51. The Kier molecular flexibility index (Phi) is 6.09. The van der Waals surface area contributed by atoms with Crippen molar-refractivity contribution in [1.82, 2.24) is 4.98 Å². The number of hydrogen-bond acceptors (Lipinski definition) is 5. The first-order valence-electron chi connectivity index (χ1n) is 7.23. The van der Waals surface area contributed by atoms with E-state index in [0.29, 0.717) is 23.6 Å². The van der Waals surface area contributed by atoms with E-state index in [9.17, 15) is 4.79 Å². The van der Waals surface area contributed by atoms with Crippen molar-refractivity contribution < 1.29 is 9.53 Å². The van der Waals surface area contributed by atoms with Gasteiger partial charge in [0.1, 0.15) is 5.69 Å². The number of nitrogens with zero attached hydrogens (tertiary/aromatic N) is 2. The van der Waals surface area contributed by atoms with Crippen LogP contribution in [0.5, 0.6) is 0 Å². The molecule has 1 aromatic carbocycles. The predicted octanol–water partition coefficient (Wildman–Crippen LogP) is 2.65. The molecule has 2 aromatic rings. The molecule has 118 valence electrons. The minimum absolute atomic E-state index is 0.291. The molecule has 0 saturated carbocycles. The van der Waals surface area contributed by atoms with Crippen LogP contribution in [0.15, 0.2) is 42.6 Å². The Labute approximate surface area is 135 Å². The Morgan fingerprint density at radius 1 is 1.22 bits per heavy atom. The monoisotopic (exact) mass is 310 g/mol. The third-order valence-electron chi connectivity index (χ3n) is 3.12. The maximum atomic E-state index is 12.1. The number of nitriles is 1. The van der Waals surface area contributed by atoms with Crippen LogP contribution in [-0.4, -0.2) is 31.2 Å². The highest BCUT2D eigenvalue weighted by molar-refractivity contribution is 6.02. The lowest BCUT2D eigenvalue weighted by atomic mass is 10.2. The van der Waals surface area contributed by atoms with Gasteiger partial charge in [0.05, 0.1) is 23.5 Å². The van der Waals surface area contributed by atoms with Crippen molar-refractivity contribution in [3.8, 4) is 6.07 Å². The highest BCUT2D eigenvalue weighted by atomic mass is 16.5. The quantitative estimate of drug-likeness (QED) is 0.768. The first kappa shape index (κ1) is 16.5. The molecule has 6 heteroatoms. The summed E-state index contributed by atoms with van der Waals surface area (Å²) in [5, 5.41) is 14.7. The number of rotatable bonds is 7. The molecule has 0 fully saturated rings. The van der Waals surface area contributed by atoms with Gasteiger partial charge in [0.25, 0.3) is 5.91 Å². The Hall–Kier alpha value is -2.91.